The van der Waals surface area contributed by atoms with Gasteiger partial charge in [-0.25, -0.2) is 13.4 Å². The van der Waals surface area contributed by atoms with E-state index in [2.05, 4.69) is 4.98 Å². The zero-order valence-corrected chi connectivity index (χ0v) is 16.5. The molecular weight excluding hydrogens is 391 g/mol. The molecule has 1 fully saturated rings. The molecule has 1 aliphatic rings. The fourth-order valence-electron chi connectivity index (χ4n) is 3.23. The van der Waals surface area contributed by atoms with Gasteiger partial charge in [-0.3, -0.25) is 0 Å². The van der Waals surface area contributed by atoms with Crippen molar-refractivity contribution in [1.29, 1.82) is 0 Å². The Kier molecular flexibility index (Phi) is 5.67. The number of anilines is 1. The highest BCUT2D eigenvalue weighted by atomic mass is 32.2. The largest absolute Gasteiger partial charge is 0.417 e. The van der Waals surface area contributed by atoms with Gasteiger partial charge in [0.2, 0.25) is 10.0 Å². The summed E-state index contributed by atoms with van der Waals surface area (Å²) >= 11 is 0. The second-order valence-electron chi connectivity index (χ2n) is 6.92. The molecule has 0 saturated carbocycles. The quantitative estimate of drug-likeness (QED) is 0.771. The van der Waals surface area contributed by atoms with E-state index in [0.29, 0.717) is 42.3 Å². The van der Waals surface area contributed by atoms with Crippen LogP contribution >= 0.6 is 0 Å². The summed E-state index contributed by atoms with van der Waals surface area (Å²) in [4.78, 5) is 6.04. The number of hydrogen-bond donors (Lipinski definition) is 0. The topological polar surface area (TPSA) is 53.5 Å². The summed E-state index contributed by atoms with van der Waals surface area (Å²) in [7, 11) is -3.63. The second kappa shape index (κ2) is 7.71. The van der Waals surface area contributed by atoms with E-state index in [4.69, 9.17) is 0 Å². The summed E-state index contributed by atoms with van der Waals surface area (Å²) in [6, 6.07) is 7.66. The van der Waals surface area contributed by atoms with E-state index in [1.165, 1.54) is 10.4 Å². The third kappa shape index (κ3) is 4.30. The first-order valence-electron chi connectivity index (χ1n) is 8.94. The number of alkyl halides is 3. The first-order chi connectivity index (χ1) is 13.1. The van der Waals surface area contributed by atoms with Gasteiger partial charge in [0, 0.05) is 32.4 Å². The third-order valence-electron chi connectivity index (χ3n) is 4.82. The molecule has 1 saturated heterocycles. The lowest BCUT2D eigenvalue weighted by Crippen LogP contribution is -2.35. The Balaban J connectivity index is 1.77. The van der Waals surface area contributed by atoms with Gasteiger partial charge in [0.05, 0.1) is 10.5 Å². The van der Waals surface area contributed by atoms with Crippen LogP contribution in [0.4, 0.5) is 19.0 Å². The van der Waals surface area contributed by atoms with Crippen LogP contribution in [0.25, 0.3) is 0 Å². The van der Waals surface area contributed by atoms with Gasteiger partial charge in [-0.05, 0) is 49.6 Å². The fourth-order valence-corrected chi connectivity index (χ4v) is 5.01. The molecule has 0 N–H and O–H groups in total. The Morgan fingerprint density at radius 2 is 1.75 bits per heavy atom. The second-order valence-corrected chi connectivity index (χ2v) is 8.82. The number of rotatable bonds is 3. The van der Waals surface area contributed by atoms with Gasteiger partial charge >= 0.3 is 6.18 Å². The number of pyridine rings is 1. The molecule has 0 bridgehead atoms. The van der Waals surface area contributed by atoms with Gasteiger partial charge in [-0.1, -0.05) is 12.1 Å². The SMILES string of the molecule is Cc1ccc(C)c(S(=O)(=O)N2CCCN(c3ccc(C(F)(F)F)cn3)CC2)c1. The zero-order chi connectivity index (χ0) is 20.5. The van der Waals surface area contributed by atoms with Crippen molar-refractivity contribution in [2.75, 3.05) is 31.1 Å². The van der Waals surface area contributed by atoms with Crippen LogP contribution in [0.5, 0.6) is 0 Å². The molecule has 152 valence electrons. The first kappa shape index (κ1) is 20.6. The van der Waals surface area contributed by atoms with Gasteiger partial charge in [0.25, 0.3) is 0 Å². The molecule has 9 heteroatoms. The van der Waals surface area contributed by atoms with Crippen molar-refractivity contribution in [2.24, 2.45) is 0 Å². The predicted molar refractivity (Wildman–Crippen MR) is 101 cm³/mol. The molecule has 1 aliphatic heterocycles. The molecule has 1 aromatic heterocycles. The molecule has 2 heterocycles. The Bertz CT molecular complexity index is 944. The molecule has 0 unspecified atom stereocenters. The van der Waals surface area contributed by atoms with Crippen molar-refractivity contribution in [3.63, 3.8) is 0 Å². The molecule has 28 heavy (non-hydrogen) atoms. The maximum Gasteiger partial charge on any atom is 0.417 e. The molecule has 0 spiro atoms. The molecular formula is C19H22F3N3O2S. The Morgan fingerprint density at radius 1 is 1.00 bits per heavy atom. The Hall–Kier alpha value is -2.13. The molecule has 2 aromatic rings. The fraction of sp³-hybridized carbons (Fsp3) is 0.421. The Morgan fingerprint density at radius 3 is 2.39 bits per heavy atom. The van der Waals surface area contributed by atoms with Crippen molar-refractivity contribution in [3.05, 3.63) is 53.2 Å². The minimum absolute atomic E-state index is 0.248. The average molecular weight is 413 g/mol. The van der Waals surface area contributed by atoms with Crippen LogP contribution < -0.4 is 4.90 Å². The molecule has 3 rings (SSSR count). The molecule has 1 aromatic carbocycles. The third-order valence-corrected chi connectivity index (χ3v) is 6.86. The number of benzene rings is 1. The van der Waals surface area contributed by atoms with E-state index < -0.39 is 21.8 Å². The number of hydrogen-bond acceptors (Lipinski definition) is 4. The molecule has 0 amide bonds. The lowest BCUT2D eigenvalue weighted by Gasteiger charge is -2.23. The van der Waals surface area contributed by atoms with Gasteiger partial charge in [0.15, 0.2) is 0 Å². The van der Waals surface area contributed by atoms with Crippen LogP contribution in [0.1, 0.15) is 23.1 Å². The molecule has 0 radical (unpaired) electrons. The highest BCUT2D eigenvalue weighted by Crippen LogP contribution is 2.30. The molecule has 0 atom stereocenters. The van der Waals surface area contributed by atoms with E-state index in [0.717, 1.165) is 17.8 Å². The Labute approximate surface area is 162 Å². The number of aromatic nitrogens is 1. The minimum Gasteiger partial charge on any atom is -0.355 e. The lowest BCUT2D eigenvalue weighted by atomic mass is 10.2. The predicted octanol–water partition coefficient (Wildman–Crippen LogP) is 3.62. The maximum absolute atomic E-state index is 13.1. The normalized spacial score (nSPS) is 16.8. The van der Waals surface area contributed by atoms with E-state index >= 15 is 0 Å². The van der Waals surface area contributed by atoms with Crippen LogP contribution in [0.2, 0.25) is 0 Å². The highest BCUT2D eigenvalue weighted by Gasteiger charge is 2.32. The first-order valence-corrected chi connectivity index (χ1v) is 10.4. The molecule has 5 nitrogen and oxygen atoms in total. The van der Waals surface area contributed by atoms with Crippen molar-refractivity contribution in [3.8, 4) is 0 Å². The monoisotopic (exact) mass is 413 g/mol. The highest BCUT2D eigenvalue weighted by molar-refractivity contribution is 7.89. The van der Waals surface area contributed by atoms with Crippen LogP contribution in [-0.2, 0) is 16.2 Å². The number of sulfonamides is 1. The summed E-state index contributed by atoms with van der Waals surface area (Å²) in [5.41, 5.74) is 0.760. The van der Waals surface area contributed by atoms with Gasteiger partial charge in [-0.15, -0.1) is 0 Å². The maximum atomic E-state index is 13.1. The van der Waals surface area contributed by atoms with Crippen LogP contribution in [0.3, 0.4) is 0 Å². The summed E-state index contributed by atoms with van der Waals surface area (Å²) in [5.74, 6) is 0.416. The lowest BCUT2D eigenvalue weighted by molar-refractivity contribution is -0.137. The van der Waals surface area contributed by atoms with Gasteiger partial charge in [-0.2, -0.15) is 17.5 Å². The van der Waals surface area contributed by atoms with Crippen LogP contribution in [0, 0.1) is 13.8 Å². The van der Waals surface area contributed by atoms with Crippen molar-refractivity contribution >= 4 is 15.8 Å². The van der Waals surface area contributed by atoms with E-state index in [1.54, 1.807) is 19.1 Å². The smallest absolute Gasteiger partial charge is 0.355 e. The van der Waals surface area contributed by atoms with Gasteiger partial charge in [0.1, 0.15) is 5.82 Å². The van der Waals surface area contributed by atoms with Crippen LogP contribution in [-0.4, -0.2) is 43.9 Å². The van der Waals surface area contributed by atoms with E-state index in [9.17, 15) is 21.6 Å². The number of halogens is 3. The van der Waals surface area contributed by atoms with Crippen LogP contribution in [0.15, 0.2) is 41.4 Å². The number of aryl methyl sites for hydroxylation is 2. The molecule has 0 aliphatic carbocycles. The summed E-state index contributed by atoms with van der Waals surface area (Å²) in [6.45, 7) is 5.10. The average Bonchev–Trinajstić information content (AvgIpc) is 2.90. The summed E-state index contributed by atoms with van der Waals surface area (Å²) < 4.78 is 65.7. The summed E-state index contributed by atoms with van der Waals surface area (Å²) in [6.07, 6.45) is -3.06. The van der Waals surface area contributed by atoms with Gasteiger partial charge < -0.3 is 4.90 Å². The standard InChI is InChI=1S/C19H22F3N3O2S/c1-14-4-5-15(2)17(12-14)28(26,27)25-9-3-8-24(10-11-25)18-7-6-16(13-23-18)19(20,21)22/h4-7,12-13H,3,8-11H2,1-2H3. The zero-order valence-electron chi connectivity index (χ0n) is 15.7. The van der Waals surface area contributed by atoms with Crippen molar-refractivity contribution in [2.45, 2.75) is 31.3 Å². The van der Waals surface area contributed by atoms with Crippen molar-refractivity contribution < 1.29 is 21.6 Å². The number of nitrogens with zero attached hydrogens (tertiary/aromatic N) is 3. The van der Waals surface area contributed by atoms with Crippen molar-refractivity contribution in [1.82, 2.24) is 9.29 Å². The minimum atomic E-state index is -4.43. The summed E-state index contributed by atoms with van der Waals surface area (Å²) in [5, 5.41) is 0. The van der Waals surface area contributed by atoms with E-state index in [1.807, 2.05) is 17.9 Å². The van der Waals surface area contributed by atoms with E-state index in [-0.39, 0.29) is 6.54 Å².